The number of esters is 4. The van der Waals surface area contributed by atoms with Crippen molar-refractivity contribution < 1.29 is 66.8 Å². The predicted octanol–water partition coefficient (Wildman–Crippen LogP) is 10.2. The number of carbonyl (C=O) groups is 9. The summed E-state index contributed by atoms with van der Waals surface area (Å²) in [5, 5.41) is 10.8. The van der Waals surface area contributed by atoms with Gasteiger partial charge in [-0.3, -0.25) is 24.0 Å². The van der Waals surface area contributed by atoms with Crippen LogP contribution in [0.25, 0.3) is 0 Å². The van der Waals surface area contributed by atoms with Gasteiger partial charge in [0.25, 0.3) is 23.6 Å². The summed E-state index contributed by atoms with van der Waals surface area (Å²) >= 11 is 0. The molecular weight excluding hydrogens is 1010 g/mol. The van der Waals surface area contributed by atoms with Crippen molar-refractivity contribution in [1.82, 2.24) is 5.32 Å². The molecule has 0 saturated carbocycles. The average Bonchev–Trinajstić information content (AvgIpc) is 3.45. The van der Waals surface area contributed by atoms with Gasteiger partial charge in [0.1, 0.15) is 23.7 Å². The largest absolute Gasteiger partial charge is 0.462 e. The first-order chi connectivity index (χ1) is 37.7. The smallest absolute Gasteiger partial charge is 0.338 e. The Kier molecular flexibility index (Phi) is 20.1. The van der Waals surface area contributed by atoms with Crippen LogP contribution in [0.3, 0.4) is 0 Å². The molecule has 4 amide bonds. The number of nitrogens with one attached hydrogen (secondary N) is 4. The number of hydrogen-bond donors (Lipinski definition) is 4. The SMILES string of the molecule is C=C(C)C(=O)OC(C)CCOC(=O)c1cc(Oc2ccc(C(=O)OCCC(C)OC(=O)C(=C)C)c(C(=O)NC)c2)cc(C(=O)Nc2ccc(C(=O)Nc3ccc(C(=O)c4ccc(NC(=O)c5ccc(C)cc5)cc4)cc3)cc2)c1. The van der Waals surface area contributed by atoms with Gasteiger partial charge < -0.3 is 45.0 Å². The summed E-state index contributed by atoms with van der Waals surface area (Å²) in [5.74, 6) is -5.25. The van der Waals surface area contributed by atoms with E-state index in [4.69, 9.17) is 23.7 Å². The maximum atomic E-state index is 13.9. The molecule has 0 aliphatic rings. The molecule has 2 atom stereocenters. The Morgan fingerprint density at radius 1 is 0.456 bits per heavy atom. The highest BCUT2D eigenvalue weighted by Gasteiger charge is 2.22. The number of ketones is 1. The van der Waals surface area contributed by atoms with E-state index in [0.717, 1.165) is 5.56 Å². The van der Waals surface area contributed by atoms with Crippen molar-refractivity contribution in [2.24, 2.45) is 0 Å². The molecule has 0 bridgehead atoms. The van der Waals surface area contributed by atoms with Crippen LogP contribution in [0.1, 0.15) is 124 Å². The number of amides is 4. The van der Waals surface area contributed by atoms with Gasteiger partial charge >= 0.3 is 23.9 Å². The summed E-state index contributed by atoms with van der Waals surface area (Å²) in [6, 6.07) is 33.9. The molecule has 406 valence electrons. The van der Waals surface area contributed by atoms with Crippen LogP contribution in [-0.4, -0.2) is 85.8 Å². The van der Waals surface area contributed by atoms with Crippen LogP contribution in [0.15, 0.2) is 158 Å². The molecule has 6 rings (SSSR count). The lowest BCUT2D eigenvalue weighted by Gasteiger charge is -2.15. The fraction of sp³-hybridized carbons (Fsp3) is 0.197. The zero-order chi connectivity index (χ0) is 57.3. The Morgan fingerprint density at radius 2 is 0.873 bits per heavy atom. The summed E-state index contributed by atoms with van der Waals surface area (Å²) < 4.78 is 27.5. The van der Waals surface area contributed by atoms with Crippen LogP contribution in [0.2, 0.25) is 0 Å². The molecular formula is C61H58N4O14. The van der Waals surface area contributed by atoms with Gasteiger partial charge in [-0.2, -0.15) is 0 Å². The maximum Gasteiger partial charge on any atom is 0.338 e. The summed E-state index contributed by atoms with van der Waals surface area (Å²) in [6.45, 7) is 15.0. The van der Waals surface area contributed by atoms with Crippen molar-refractivity contribution in [3.8, 4) is 11.5 Å². The van der Waals surface area contributed by atoms with E-state index >= 15 is 0 Å². The first kappa shape index (κ1) is 58.3. The molecule has 0 aliphatic carbocycles. The molecule has 0 spiro atoms. The third-order valence-electron chi connectivity index (χ3n) is 11.7. The molecule has 18 heteroatoms. The molecule has 2 unspecified atom stereocenters. The van der Waals surface area contributed by atoms with Crippen LogP contribution in [-0.2, 0) is 28.5 Å². The summed E-state index contributed by atoms with van der Waals surface area (Å²) in [6.07, 6.45) is -0.900. The third-order valence-corrected chi connectivity index (χ3v) is 11.7. The first-order valence-corrected chi connectivity index (χ1v) is 24.8. The molecule has 0 radical (unpaired) electrons. The van der Waals surface area contributed by atoms with Crippen molar-refractivity contribution in [2.75, 3.05) is 36.2 Å². The number of hydrogen-bond acceptors (Lipinski definition) is 14. The van der Waals surface area contributed by atoms with Crippen molar-refractivity contribution in [3.63, 3.8) is 0 Å². The van der Waals surface area contributed by atoms with Gasteiger partial charge in [0.05, 0.1) is 29.9 Å². The van der Waals surface area contributed by atoms with Crippen molar-refractivity contribution in [2.45, 2.75) is 59.7 Å². The van der Waals surface area contributed by atoms with Crippen LogP contribution in [0.4, 0.5) is 17.1 Å². The van der Waals surface area contributed by atoms with Gasteiger partial charge in [-0.05, 0) is 156 Å². The molecule has 6 aromatic rings. The second-order valence-corrected chi connectivity index (χ2v) is 18.3. The van der Waals surface area contributed by atoms with Crippen molar-refractivity contribution >= 4 is 70.4 Å². The highest BCUT2D eigenvalue weighted by atomic mass is 16.6. The minimum absolute atomic E-state index is 0.0309. The zero-order valence-corrected chi connectivity index (χ0v) is 44.3. The molecule has 0 aliphatic heterocycles. The number of rotatable bonds is 23. The van der Waals surface area contributed by atoms with E-state index in [2.05, 4.69) is 34.4 Å². The average molecular weight is 1070 g/mol. The number of aryl methyl sites for hydroxylation is 1. The molecule has 0 aromatic heterocycles. The lowest BCUT2D eigenvalue weighted by atomic mass is 10.0. The Balaban J connectivity index is 1.12. The van der Waals surface area contributed by atoms with E-state index in [9.17, 15) is 43.2 Å². The topological polar surface area (TPSA) is 248 Å². The van der Waals surface area contributed by atoms with E-state index in [1.54, 1.807) is 74.5 Å². The first-order valence-electron chi connectivity index (χ1n) is 24.8. The summed E-state index contributed by atoms with van der Waals surface area (Å²) in [4.78, 5) is 117. The van der Waals surface area contributed by atoms with Gasteiger partial charge in [-0.15, -0.1) is 0 Å². The number of benzene rings is 6. The Morgan fingerprint density at radius 3 is 1.33 bits per heavy atom. The normalized spacial score (nSPS) is 11.3. The Labute approximate surface area is 456 Å². The fourth-order valence-corrected chi connectivity index (χ4v) is 7.21. The minimum atomic E-state index is -0.852. The lowest BCUT2D eigenvalue weighted by molar-refractivity contribution is -0.144. The standard InChI is InChI=1S/C61H58N4O14/c1-35(2)58(71)77-38(6)27-29-75-60(73)45-31-44(32-50(33-45)79-49-25-26-51(52(34-49)57(70)62-8)61(74)76-30-28-39(7)78-59(72)36(3)4)56(69)65-48-23-17-43(18-24-48)55(68)64-47-21-15-41(16-22-47)53(66)40-13-19-46(20-14-40)63-54(67)42-11-9-37(5)10-12-42/h9-26,31-34,38-39H,1,3,27-30H2,2,4-8H3,(H,62,70)(H,63,67)(H,64,68)(H,65,69). The minimum Gasteiger partial charge on any atom is -0.462 e. The zero-order valence-electron chi connectivity index (χ0n) is 44.3. The molecule has 0 heterocycles. The second kappa shape index (κ2) is 27.2. The van der Waals surface area contributed by atoms with Crippen LogP contribution in [0.5, 0.6) is 11.5 Å². The van der Waals surface area contributed by atoms with Gasteiger partial charge in [-0.25, -0.2) is 19.2 Å². The van der Waals surface area contributed by atoms with Gasteiger partial charge in [0, 0.05) is 75.9 Å². The molecule has 0 saturated heterocycles. The Hall–Kier alpha value is -9.97. The van der Waals surface area contributed by atoms with E-state index in [0.29, 0.717) is 28.1 Å². The van der Waals surface area contributed by atoms with E-state index in [1.807, 2.05) is 19.1 Å². The van der Waals surface area contributed by atoms with E-state index in [1.165, 1.54) is 81.6 Å². The monoisotopic (exact) mass is 1070 g/mol. The summed E-state index contributed by atoms with van der Waals surface area (Å²) in [5.41, 5.74) is 3.79. The Bertz CT molecular complexity index is 3310. The molecule has 79 heavy (non-hydrogen) atoms. The van der Waals surface area contributed by atoms with Crippen LogP contribution < -0.4 is 26.0 Å². The van der Waals surface area contributed by atoms with Crippen LogP contribution >= 0.6 is 0 Å². The van der Waals surface area contributed by atoms with Crippen molar-refractivity contribution in [1.29, 1.82) is 0 Å². The maximum absolute atomic E-state index is 13.9. The number of anilines is 3. The van der Waals surface area contributed by atoms with Crippen LogP contribution in [0, 0.1) is 6.92 Å². The van der Waals surface area contributed by atoms with E-state index in [-0.39, 0.29) is 93.9 Å². The molecule has 4 N–H and O–H groups in total. The molecule has 0 fully saturated rings. The molecule has 18 nitrogen and oxygen atoms in total. The van der Waals surface area contributed by atoms with E-state index < -0.39 is 53.8 Å². The number of carbonyl (C=O) groups excluding carboxylic acids is 9. The van der Waals surface area contributed by atoms with Crippen molar-refractivity contribution in [3.05, 3.63) is 208 Å². The second-order valence-electron chi connectivity index (χ2n) is 18.3. The van der Waals surface area contributed by atoms with Gasteiger partial charge in [0.15, 0.2) is 5.78 Å². The fourth-order valence-electron chi connectivity index (χ4n) is 7.21. The lowest BCUT2D eigenvalue weighted by Crippen LogP contribution is -2.23. The van der Waals surface area contributed by atoms with Gasteiger partial charge in [0.2, 0.25) is 0 Å². The highest BCUT2D eigenvalue weighted by molar-refractivity contribution is 6.11. The third kappa shape index (κ3) is 16.8. The predicted molar refractivity (Wildman–Crippen MR) is 295 cm³/mol. The number of ether oxygens (including phenoxy) is 5. The quantitative estimate of drug-likeness (QED) is 0.0202. The molecule has 6 aromatic carbocycles. The summed E-state index contributed by atoms with van der Waals surface area (Å²) in [7, 11) is 1.36. The van der Waals surface area contributed by atoms with Gasteiger partial charge in [-0.1, -0.05) is 30.9 Å². The highest BCUT2D eigenvalue weighted by Crippen LogP contribution is 2.29.